The van der Waals surface area contributed by atoms with E-state index in [9.17, 15) is 0 Å². The first-order chi connectivity index (χ1) is 10.3. The van der Waals surface area contributed by atoms with Crippen LogP contribution in [0.25, 0.3) is 43.8 Å². The molecule has 21 heavy (non-hydrogen) atoms. The van der Waals surface area contributed by atoms with Crippen LogP contribution in [0.5, 0.6) is 0 Å². The van der Waals surface area contributed by atoms with Crippen molar-refractivity contribution < 1.29 is 0 Å². The molecule has 98 valence electrons. The van der Waals surface area contributed by atoms with Crippen molar-refractivity contribution in [1.82, 2.24) is 0 Å². The molecular weight excluding hydrogens is 320 g/mol. The van der Waals surface area contributed by atoms with Gasteiger partial charge in [-0.3, -0.25) is 0 Å². The first-order valence-electron chi connectivity index (χ1n) is 7.08. The van der Waals surface area contributed by atoms with E-state index in [1.165, 1.54) is 48.3 Å². The van der Waals surface area contributed by atoms with Crippen LogP contribution >= 0.6 is 15.9 Å². The summed E-state index contributed by atoms with van der Waals surface area (Å²) in [4.78, 5) is 0. The number of hydrogen-bond donors (Lipinski definition) is 0. The van der Waals surface area contributed by atoms with E-state index in [-0.39, 0.29) is 0 Å². The highest BCUT2D eigenvalue weighted by Gasteiger charge is 2.22. The Labute approximate surface area is 131 Å². The predicted molar refractivity (Wildman–Crippen MR) is 93.6 cm³/mol. The Bertz CT molecular complexity index is 995. The molecule has 1 aliphatic carbocycles. The van der Waals surface area contributed by atoms with E-state index in [1.54, 1.807) is 0 Å². The lowest BCUT2D eigenvalue weighted by atomic mass is 9.99. The van der Waals surface area contributed by atoms with Crippen molar-refractivity contribution in [2.75, 3.05) is 0 Å². The second kappa shape index (κ2) is 3.96. The molecule has 0 saturated carbocycles. The number of benzene rings is 4. The van der Waals surface area contributed by atoms with Gasteiger partial charge in [-0.05, 0) is 62.0 Å². The molecule has 0 saturated heterocycles. The minimum Gasteiger partial charge on any atom is -0.0616 e. The van der Waals surface area contributed by atoms with Crippen molar-refractivity contribution in [2.45, 2.75) is 0 Å². The van der Waals surface area contributed by atoms with E-state index in [0.29, 0.717) is 0 Å². The fourth-order valence-corrected chi connectivity index (χ4v) is 3.97. The van der Waals surface area contributed by atoms with Crippen LogP contribution in [0.4, 0.5) is 0 Å². The summed E-state index contributed by atoms with van der Waals surface area (Å²) >= 11 is 3.68. The molecule has 0 N–H and O–H groups in total. The van der Waals surface area contributed by atoms with Crippen molar-refractivity contribution >= 4 is 37.5 Å². The van der Waals surface area contributed by atoms with Crippen LogP contribution in [0.1, 0.15) is 0 Å². The fourth-order valence-electron chi connectivity index (χ4n) is 3.51. The zero-order valence-electron chi connectivity index (χ0n) is 11.2. The molecular formula is C20H11Br. The smallest absolute Gasteiger partial charge is 0.0254 e. The number of halogens is 1. The van der Waals surface area contributed by atoms with Crippen molar-refractivity contribution in [3.63, 3.8) is 0 Å². The van der Waals surface area contributed by atoms with Gasteiger partial charge in [0.05, 0.1) is 0 Å². The van der Waals surface area contributed by atoms with Gasteiger partial charge in [0.15, 0.2) is 0 Å². The molecule has 1 heteroatoms. The fraction of sp³-hybridized carbons (Fsp3) is 0. The lowest BCUT2D eigenvalue weighted by Crippen LogP contribution is -1.78. The molecule has 0 aromatic heterocycles. The zero-order valence-corrected chi connectivity index (χ0v) is 12.8. The first kappa shape index (κ1) is 11.5. The van der Waals surface area contributed by atoms with Crippen LogP contribution in [0.2, 0.25) is 0 Å². The molecule has 0 bridgehead atoms. The van der Waals surface area contributed by atoms with Gasteiger partial charge in [-0.2, -0.15) is 0 Å². The average Bonchev–Trinajstić information content (AvgIpc) is 2.84. The van der Waals surface area contributed by atoms with Crippen LogP contribution in [0.15, 0.2) is 71.2 Å². The van der Waals surface area contributed by atoms with Crippen LogP contribution in [-0.2, 0) is 0 Å². The van der Waals surface area contributed by atoms with Gasteiger partial charge in [0, 0.05) is 4.47 Å². The number of rotatable bonds is 0. The molecule has 0 nitrogen and oxygen atoms in total. The summed E-state index contributed by atoms with van der Waals surface area (Å²) in [6.45, 7) is 0. The topological polar surface area (TPSA) is 0 Å². The van der Waals surface area contributed by atoms with E-state index in [4.69, 9.17) is 0 Å². The largest absolute Gasteiger partial charge is 0.0616 e. The summed E-state index contributed by atoms with van der Waals surface area (Å²) in [6.07, 6.45) is 0. The molecule has 0 amide bonds. The van der Waals surface area contributed by atoms with Gasteiger partial charge >= 0.3 is 0 Å². The second-order valence-electron chi connectivity index (χ2n) is 5.57. The third-order valence-corrected chi connectivity index (χ3v) is 5.15. The highest BCUT2D eigenvalue weighted by atomic mass is 79.9. The molecule has 0 aliphatic heterocycles. The maximum atomic E-state index is 3.68. The highest BCUT2D eigenvalue weighted by molar-refractivity contribution is 9.10. The van der Waals surface area contributed by atoms with Crippen LogP contribution in [-0.4, -0.2) is 0 Å². The molecule has 0 fully saturated rings. The summed E-state index contributed by atoms with van der Waals surface area (Å²) in [5, 5.41) is 5.28. The van der Waals surface area contributed by atoms with E-state index < -0.39 is 0 Å². The zero-order chi connectivity index (χ0) is 14.0. The van der Waals surface area contributed by atoms with Crippen LogP contribution < -0.4 is 0 Å². The maximum Gasteiger partial charge on any atom is 0.0254 e. The van der Waals surface area contributed by atoms with Crippen molar-refractivity contribution in [3.8, 4) is 22.3 Å². The normalized spacial score (nSPS) is 12.0. The van der Waals surface area contributed by atoms with Gasteiger partial charge < -0.3 is 0 Å². The third kappa shape index (κ3) is 1.44. The molecule has 0 unspecified atom stereocenters. The van der Waals surface area contributed by atoms with Gasteiger partial charge in [0.2, 0.25) is 0 Å². The quantitative estimate of drug-likeness (QED) is 0.308. The van der Waals surface area contributed by atoms with Crippen molar-refractivity contribution in [2.24, 2.45) is 0 Å². The summed E-state index contributed by atoms with van der Waals surface area (Å²) < 4.78 is 1.17. The maximum absolute atomic E-state index is 3.68. The number of hydrogen-bond acceptors (Lipinski definition) is 0. The van der Waals surface area contributed by atoms with Gasteiger partial charge in [-0.15, -0.1) is 0 Å². The molecule has 4 aromatic rings. The van der Waals surface area contributed by atoms with E-state index >= 15 is 0 Å². The van der Waals surface area contributed by atoms with E-state index in [2.05, 4.69) is 82.7 Å². The Hall–Kier alpha value is -2.12. The average molecular weight is 331 g/mol. The predicted octanol–water partition coefficient (Wildman–Crippen LogP) is 6.40. The van der Waals surface area contributed by atoms with Crippen molar-refractivity contribution in [1.29, 1.82) is 0 Å². The second-order valence-corrected chi connectivity index (χ2v) is 6.42. The van der Waals surface area contributed by atoms with Gasteiger partial charge in [0.25, 0.3) is 0 Å². The van der Waals surface area contributed by atoms with Crippen molar-refractivity contribution in [3.05, 3.63) is 71.2 Å². The Balaban J connectivity index is 2.01. The number of fused-ring (bicyclic) bond motifs is 4. The third-order valence-electron chi connectivity index (χ3n) is 4.45. The monoisotopic (exact) mass is 330 g/mol. The lowest BCUT2D eigenvalue weighted by Gasteiger charge is -2.05. The molecule has 4 aromatic carbocycles. The standard InChI is InChI=1S/C20H11Br/c21-19-9-8-15-18-11-13-5-2-1-4-12(13)10-17(18)14-6-3-7-16(19)20(14)15/h1-11H. The molecule has 0 radical (unpaired) electrons. The SMILES string of the molecule is Brc1ccc2c3c(cccc13)-c1cc3ccccc3cc1-2. The van der Waals surface area contributed by atoms with Crippen LogP contribution in [0, 0.1) is 0 Å². The summed E-state index contributed by atoms with van der Waals surface area (Å²) in [7, 11) is 0. The van der Waals surface area contributed by atoms with Crippen LogP contribution in [0.3, 0.4) is 0 Å². The highest BCUT2D eigenvalue weighted by Crippen LogP contribution is 2.49. The van der Waals surface area contributed by atoms with Gasteiger partial charge in [0.1, 0.15) is 0 Å². The Kier molecular flexibility index (Phi) is 2.17. The molecule has 5 rings (SSSR count). The molecule has 1 aliphatic rings. The Morgan fingerprint density at radius 2 is 1.24 bits per heavy atom. The summed E-state index contributed by atoms with van der Waals surface area (Å²) in [5.41, 5.74) is 5.41. The Morgan fingerprint density at radius 1 is 0.571 bits per heavy atom. The summed E-state index contributed by atoms with van der Waals surface area (Å²) in [6, 6.07) is 24.2. The molecule has 0 heterocycles. The molecule has 0 atom stereocenters. The van der Waals surface area contributed by atoms with E-state index in [0.717, 1.165) is 0 Å². The van der Waals surface area contributed by atoms with Gasteiger partial charge in [-0.1, -0.05) is 64.5 Å². The minimum atomic E-state index is 1.17. The van der Waals surface area contributed by atoms with E-state index in [1.807, 2.05) is 0 Å². The lowest BCUT2D eigenvalue weighted by molar-refractivity contribution is 1.72. The first-order valence-corrected chi connectivity index (χ1v) is 7.87. The van der Waals surface area contributed by atoms with Gasteiger partial charge in [-0.25, -0.2) is 0 Å². The molecule has 0 spiro atoms. The Morgan fingerprint density at radius 3 is 1.95 bits per heavy atom. The minimum absolute atomic E-state index is 1.17. The summed E-state index contributed by atoms with van der Waals surface area (Å²) in [5.74, 6) is 0.